The largest absolute Gasteiger partial charge is 0.464 e. The first-order chi connectivity index (χ1) is 11.0. The van der Waals surface area contributed by atoms with Gasteiger partial charge in [-0.3, -0.25) is 0 Å². The number of anilines is 1. The van der Waals surface area contributed by atoms with Crippen LogP contribution in [0, 0.1) is 6.92 Å². The molecule has 4 nitrogen and oxygen atoms in total. The average Bonchev–Trinajstić information content (AvgIpc) is 2.56. The quantitative estimate of drug-likeness (QED) is 0.833. The maximum Gasteiger partial charge on any atom is 0.337 e. The molecule has 0 aliphatic carbocycles. The zero-order valence-electron chi connectivity index (χ0n) is 13.8. The molecule has 0 aromatic heterocycles. The Labute approximate surface area is 137 Å². The summed E-state index contributed by atoms with van der Waals surface area (Å²) < 4.78 is 5.00. The molecular weight excluding hydrogens is 290 g/mol. The van der Waals surface area contributed by atoms with Crippen molar-refractivity contribution in [1.82, 2.24) is 0 Å². The van der Waals surface area contributed by atoms with Crippen LogP contribution in [0.5, 0.6) is 0 Å². The molecule has 4 heteroatoms. The second-order valence-corrected chi connectivity index (χ2v) is 5.50. The van der Waals surface area contributed by atoms with Crippen LogP contribution in [0.1, 0.15) is 24.1 Å². The molecule has 0 aliphatic heterocycles. The summed E-state index contributed by atoms with van der Waals surface area (Å²) in [6.07, 6.45) is -1.26. The van der Waals surface area contributed by atoms with E-state index in [1.165, 1.54) is 0 Å². The zero-order valence-corrected chi connectivity index (χ0v) is 13.8. The first-order valence-electron chi connectivity index (χ1n) is 7.73. The van der Waals surface area contributed by atoms with Gasteiger partial charge < -0.3 is 14.7 Å². The minimum absolute atomic E-state index is 0.242. The van der Waals surface area contributed by atoms with Gasteiger partial charge in [0.15, 0.2) is 6.10 Å². The number of hydrogen-bond donors (Lipinski definition) is 1. The molecule has 2 aromatic carbocycles. The van der Waals surface area contributed by atoms with Crippen LogP contribution in [0.3, 0.4) is 0 Å². The Balaban J connectivity index is 2.36. The third-order valence-electron chi connectivity index (χ3n) is 3.83. The van der Waals surface area contributed by atoms with Gasteiger partial charge in [-0.1, -0.05) is 48.0 Å². The highest BCUT2D eigenvalue weighted by atomic mass is 16.5. The molecule has 2 unspecified atom stereocenters. The lowest BCUT2D eigenvalue weighted by molar-refractivity contribution is -0.154. The van der Waals surface area contributed by atoms with Crippen molar-refractivity contribution < 1.29 is 14.6 Å². The van der Waals surface area contributed by atoms with Crippen molar-refractivity contribution in [3.63, 3.8) is 0 Å². The molecule has 0 aliphatic rings. The van der Waals surface area contributed by atoms with E-state index in [-0.39, 0.29) is 6.61 Å². The lowest BCUT2D eigenvalue weighted by Crippen LogP contribution is -2.39. The highest BCUT2D eigenvalue weighted by Crippen LogP contribution is 2.29. The number of aliphatic hydroxyl groups excluding tert-OH is 1. The van der Waals surface area contributed by atoms with Gasteiger partial charge in [0.25, 0.3) is 0 Å². The number of hydrogen-bond acceptors (Lipinski definition) is 4. The van der Waals surface area contributed by atoms with Crippen LogP contribution in [0.25, 0.3) is 0 Å². The summed E-state index contributed by atoms with van der Waals surface area (Å²) in [4.78, 5) is 13.9. The molecular formula is C19H23NO3. The Morgan fingerprint density at radius 1 is 1.13 bits per heavy atom. The monoisotopic (exact) mass is 313 g/mol. The molecule has 0 amide bonds. The summed E-state index contributed by atoms with van der Waals surface area (Å²) in [7, 11) is 1.87. The number of ether oxygens (including phenoxy) is 1. The number of carbonyl (C=O) groups excluding carboxylic acids is 1. The number of likely N-dealkylation sites (N-methyl/N-ethyl adjacent to an activating group) is 1. The van der Waals surface area contributed by atoms with Crippen molar-refractivity contribution in [3.05, 3.63) is 65.7 Å². The van der Waals surface area contributed by atoms with Crippen LogP contribution >= 0.6 is 0 Å². The van der Waals surface area contributed by atoms with E-state index in [1.54, 1.807) is 6.92 Å². The number of benzene rings is 2. The summed E-state index contributed by atoms with van der Waals surface area (Å²) >= 11 is 0. The second-order valence-electron chi connectivity index (χ2n) is 5.50. The smallest absolute Gasteiger partial charge is 0.337 e. The normalized spacial score (nSPS) is 13.2. The topological polar surface area (TPSA) is 49.8 Å². The van der Waals surface area contributed by atoms with Crippen molar-refractivity contribution in [2.75, 3.05) is 18.6 Å². The van der Waals surface area contributed by atoms with Gasteiger partial charge in [0.1, 0.15) is 0 Å². The minimum Gasteiger partial charge on any atom is -0.464 e. The van der Waals surface area contributed by atoms with Crippen molar-refractivity contribution >= 4 is 11.7 Å². The lowest BCUT2D eigenvalue weighted by Gasteiger charge is -2.33. The molecule has 122 valence electrons. The number of rotatable bonds is 6. The van der Waals surface area contributed by atoms with Crippen LogP contribution in [-0.2, 0) is 9.53 Å². The van der Waals surface area contributed by atoms with E-state index < -0.39 is 18.1 Å². The maximum atomic E-state index is 12.0. The molecule has 2 atom stereocenters. The van der Waals surface area contributed by atoms with Gasteiger partial charge >= 0.3 is 5.97 Å². The average molecular weight is 313 g/mol. The molecule has 2 aromatic rings. The summed E-state index contributed by atoms with van der Waals surface area (Å²) in [5, 5.41) is 10.5. The molecule has 0 bridgehead atoms. The molecule has 0 saturated heterocycles. The second kappa shape index (κ2) is 7.79. The zero-order chi connectivity index (χ0) is 16.8. The number of esters is 1. The Bertz CT molecular complexity index is 625. The Morgan fingerprint density at radius 3 is 2.30 bits per heavy atom. The van der Waals surface area contributed by atoms with Crippen molar-refractivity contribution in [2.45, 2.75) is 26.0 Å². The number of aliphatic hydroxyl groups is 1. The molecule has 23 heavy (non-hydrogen) atoms. The van der Waals surface area contributed by atoms with E-state index in [1.807, 2.05) is 73.5 Å². The van der Waals surface area contributed by atoms with Crippen LogP contribution < -0.4 is 4.90 Å². The molecule has 0 saturated carbocycles. The Morgan fingerprint density at radius 2 is 1.74 bits per heavy atom. The Hall–Kier alpha value is -2.33. The van der Waals surface area contributed by atoms with Crippen LogP contribution in [0.15, 0.2) is 54.6 Å². The third-order valence-corrected chi connectivity index (χ3v) is 3.83. The highest BCUT2D eigenvalue weighted by Gasteiger charge is 2.32. The molecule has 1 N–H and O–H groups in total. The molecule has 0 radical (unpaired) electrons. The fourth-order valence-electron chi connectivity index (χ4n) is 2.56. The number of nitrogens with zero attached hydrogens (tertiary/aromatic N) is 1. The lowest BCUT2D eigenvalue weighted by atomic mass is 9.99. The number of carbonyl (C=O) groups is 1. The molecule has 0 fully saturated rings. The fourth-order valence-corrected chi connectivity index (χ4v) is 2.56. The molecule has 0 heterocycles. The Kier molecular flexibility index (Phi) is 5.77. The molecule has 0 spiro atoms. The van der Waals surface area contributed by atoms with Gasteiger partial charge in [-0.15, -0.1) is 0 Å². The SMILES string of the molecule is CCOC(=O)C(O)C(c1ccccc1)N(C)c1ccc(C)cc1. The third kappa shape index (κ3) is 4.11. The highest BCUT2D eigenvalue weighted by molar-refractivity contribution is 5.76. The van der Waals surface area contributed by atoms with E-state index in [2.05, 4.69) is 0 Å². The first kappa shape index (κ1) is 17.0. The van der Waals surface area contributed by atoms with Gasteiger partial charge in [-0.05, 0) is 31.5 Å². The van der Waals surface area contributed by atoms with Crippen molar-refractivity contribution in [2.24, 2.45) is 0 Å². The van der Waals surface area contributed by atoms with E-state index in [9.17, 15) is 9.90 Å². The van der Waals surface area contributed by atoms with Crippen LogP contribution in [0.4, 0.5) is 5.69 Å². The number of aryl methyl sites for hydroxylation is 1. The fraction of sp³-hybridized carbons (Fsp3) is 0.316. The van der Waals surface area contributed by atoms with Gasteiger partial charge in [-0.25, -0.2) is 4.79 Å². The van der Waals surface area contributed by atoms with Crippen LogP contribution in [0.2, 0.25) is 0 Å². The van der Waals surface area contributed by atoms with Gasteiger partial charge in [-0.2, -0.15) is 0 Å². The minimum atomic E-state index is -1.26. The van der Waals surface area contributed by atoms with Crippen molar-refractivity contribution in [1.29, 1.82) is 0 Å². The van der Waals surface area contributed by atoms with E-state index in [0.717, 1.165) is 16.8 Å². The van der Waals surface area contributed by atoms with E-state index in [4.69, 9.17) is 4.74 Å². The predicted molar refractivity (Wildman–Crippen MR) is 91.4 cm³/mol. The van der Waals surface area contributed by atoms with Gasteiger partial charge in [0.05, 0.1) is 12.6 Å². The summed E-state index contributed by atoms with van der Waals surface area (Å²) in [6, 6.07) is 16.9. The summed E-state index contributed by atoms with van der Waals surface area (Å²) in [5.74, 6) is -0.611. The summed E-state index contributed by atoms with van der Waals surface area (Å²) in [5.41, 5.74) is 2.94. The van der Waals surface area contributed by atoms with E-state index in [0.29, 0.717) is 0 Å². The first-order valence-corrected chi connectivity index (χ1v) is 7.73. The van der Waals surface area contributed by atoms with Crippen LogP contribution in [-0.4, -0.2) is 30.8 Å². The molecule has 2 rings (SSSR count). The predicted octanol–water partition coefficient (Wildman–Crippen LogP) is 3.10. The standard InChI is InChI=1S/C19H23NO3/c1-4-23-19(22)18(21)17(15-8-6-5-7-9-15)20(3)16-12-10-14(2)11-13-16/h5-13,17-18,21H,4H2,1-3H3. The van der Waals surface area contributed by atoms with E-state index >= 15 is 0 Å². The van der Waals surface area contributed by atoms with Gasteiger partial charge in [0, 0.05) is 12.7 Å². The van der Waals surface area contributed by atoms with Gasteiger partial charge in [0.2, 0.25) is 0 Å². The van der Waals surface area contributed by atoms with Crippen molar-refractivity contribution in [3.8, 4) is 0 Å². The maximum absolute atomic E-state index is 12.0. The summed E-state index contributed by atoms with van der Waals surface area (Å²) in [6.45, 7) is 3.99.